The number of benzene rings is 6. The van der Waals surface area contributed by atoms with Crippen molar-refractivity contribution >= 4 is 49.7 Å². The van der Waals surface area contributed by atoms with Gasteiger partial charge in [-0.05, 0) is 66.3 Å². The Morgan fingerprint density at radius 2 is 1.29 bits per heavy atom. The van der Waals surface area contributed by atoms with Gasteiger partial charge in [0.1, 0.15) is 0 Å². The number of rotatable bonds is 4. The molecule has 0 saturated heterocycles. The van der Waals surface area contributed by atoms with Gasteiger partial charge in [0.25, 0.3) is 0 Å². The average Bonchev–Trinajstić information content (AvgIpc) is 3.45. The van der Waals surface area contributed by atoms with Crippen LogP contribution in [0, 0.1) is 6.92 Å². The summed E-state index contributed by atoms with van der Waals surface area (Å²) in [7, 11) is 0. The molecule has 0 radical (unpaired) electrons. The van der Waals surface area contributed by atoms with Crippen molar-refractivity contribution < 1.29 is 0 Å². The van der Waals surface area contributed by atoms with Crippen molar-refractivity contribution in [2.75, 3.05) is 0 Å². The molecule has 0 saturated carbocycles. The van der Waals surface area contributed by atoms with Crippen LogP contribution in [0.4, 0.5) is 0 Å². The predicted molar refractivity (Wildman–Crippen MR) is 193 cm³/mol. The third-order valence-corrected chi connectivity index (χ3v) is 8.53. The van der Waals surface area contributed by atoms with Gasteiger partial charge in [-0.15, -0.1) is 13.2 Å². The third-order valence-electron chi connectivity index (χ3n) is 8.53. The van der Waals surface area contributed by atoms with E-state index in [0.29, 0.717) is 0 Å². The lowest BCUT2D eigenvalue weighted by molar-refractivity contribution is 1.18. The molecule has 6 aromatic carbocycles. The summed E-state index contributed by atoms with van der Waals surface area (Å²) in [5.41, 5.74) is 12.0. The molecular formula is C42H33N3. The number of aryl methyl sites for hydroxylation is 1. The van der Waals surface area contributed by atoms with Crippen LogP contribution in [0.25, 0.3) is 77.8 Å². The van der Waals surface area contributed by atoms with E-state index in [9.17, 15) is 0 Å². The van der Waals surface area contributed by atoms with E-state index in [1.54, 1.807) is 0 Å². The summed E-state index contributed by atoms with van der Waals surface area (Å²) in [6.45, 7) is 10.2. The fourth-order valence-corrected chi connectivity index (χ4v) is 6.49. The Morgan fingerprint density at radius 3 is 2.09 bits per heavy atom. The fourth-order valence-electron chi connectivity index (χ4n) is 6.49. The molecule has 0 fully saturated rings. The van der Waals surface area contributed by atoms with Crippen LogP contribution in [0.15, 0.2) is 147 Å². The number of nitrogens with zero attached hydrogens (tertiary/aromatic N) is 3. The molecule has 0 amide bonds. The van der Waals surface area contributed by atoms with Crippen molar-refractivity contribution in [1.82, 2.24) is 14.5 Å². The molecule has 0 unspecified atom stereocenters. The van der Waals surface area contributed by atoms with Gasteiger partial charge in [0.15, 0.2) is 0 Å². The second kappa shape index (κ2) is 11.7. The molecule has 0 N–H and O–H groups in total. The van der Waals surface area contributed by atoms with Crippen molar-refractivity contribution in [3.8, 4) is 28.1 Å². The standard InChI is InChI=1S/C40H29N3.C2H4/c1-3-12-32-26(2)31-17-7-8-19-34(31)39-40(32)42-36(25-41-39)29-15-11-16-30(23-29)43-37-20-10-9-18-33(37)35-24-28(21-22-38(35)43)27-13-5-4-6-14-27;1-2/h3-25H,1-2H3;1-2H2/b12-3-;. The molecule has 2 aromatic heterocycles. The highest BCUT2D eigenvalue weighted by Gasteiger charge is 2.16. The summed E-state index contributed by atoms with van der Waals surface area (Å²) in [6.07, 6.45) is 6.15. The third kappa shape index (κ3) is 4.70. The minimum Gasteiger partial charge on any atom is -0.309 e. The highest BCUT2D eigenvalue weighted by Crippen LogP contribution is 2.36. The molecule has 8 rings (SSSR count). The average molecular weight is 580 g/mol. The molecule has 3 heteroatoms. The fraction of sp³-hybridized carbons (Fsp3) is 0.0476. The van der Waals surface area contributed by atoms with Crippen molar-refractivity contribution in [3.63, 3.8) is 0 Å². The van der Waals surface area contributed by atoms with Crippen molar-refractivity contribution in [3.05, 3.63) is 158 Å². The smallest absolute Gasteiger partial charge is 0.0975 e. The Hall–Kier alpha value is -5.80. The molecule has 0 spiro atoms. The van der Waals surface area contributed by atoms with Gasteiger partial charge >= 0.3 is 0 Å². The number of fused-ring (bicyclic) bond motifs is 6. The summed E-state index contributed by atoms with van der Waals surface area (Å²) < 4.78 is 2.36. The minimum absolute atomic E-state index is 0.863. The van der Waals surface area contributed by atoms with Gasteiger partial charge in [0, 0.05) is 33.0 Å². The second-order valence-corrected chi connectivity index (χ2v) is 11.0. The van der Waals surface area contributed by atoms with E-state index in [1.165, 1.54) is 43.9 Å². The Balaban J connectivity index is 0.00000160. The maximum absolute atomic E-state index is 5.24. The van der Waals surface area contributed by atoms with Crippen LogP contribution in [-0.2, 0) is 0 Å². The Labute approximate surface area is 263 Å². The van der Waals surface area contributed by atoms with Crippen LogP contribution in [-0.4, -0.2) is 14.5 Å². The van der Waals surface area contributed by atoms with E-state index in [0.717, 1.165) is 38.9 Å². The zero-order chi connectivity index (χ0) is 30.9. The molecular weight excluding hydrogens is 546 g/mol. The molecule has 0 aliphatic rings. The maximum atomic E-state index is 5.24. The van der Waals surface area contributed by atoms with E-state index < -0.39 is 0 Å². The number of hydrogen-bond acceptors (Lipinski definition) is 2. The summed E-state index contributed by atoms with van der Waals surface area (Å²) in [4.78, 5) is 10.2. The quantitative estimate of drug-likeness (QED) is 0.153. The van der Waals surface area contributed by atoms with Gasteiger partial charge in [-0.1, -0.05) is 103 Å². The molecule has 0 bridgehead atoms. The van der Waals surface area contributed by atoms with E-state index >= 15 is 0 Å². The van der Waals surface area contributed by atoms with E-state index in [2.05, 4.69) is 165 Å². The van der Waals surface area contributed by atoms with Crippen molar-refractivity contribution in [1.29, 1.82) is 0 Å². The van der Waals surface area contributed by atoms with Crippen LogP contribution in [0.2, 0.25) is 0 Å². The molecule has 0 atom stereocenters. The lowest BCUT2D eigenvalue weighted by atomic mass is 9.97. The summed E-state index contributed by atoms with van der Waals surface area (Å²) in [6, 6.07) is 43.2. The first-order valence-corrected chi connectivity index (χ1v) is 15.2. The predicted octanol–water partition coefficient (Wildman–Crippen LogP) is 11.4. The largest absolute Gasteiger partial charge is 0.309 e. The number of aromatic nitrogens is 3. The van der Waals surface area contributed by atoms with Crippen molar-refractivity contribution in [2.24, 2.45) is 0 Å². The van der Waals surface area contributed by atoms with E-state index in [1.807, 2.05) is 6.20 Å². The summed E-state index contributed by atoms with van der Waals surface area (Å²) in [5.74, 6) is 0. The molecule has 216 valence electrons. The first kappa shape index (κ1) is 28.0. The molecule has 0 aliphatic carbocycles. The SMILES string of the molecule is C/C=C\c1c(C)c2ccccc2c2ncc(-c3cccc(-n4c5ccccc5c5cc(-c6ccccc6)ccc54)c3)nc12.C=C. The maximum Gasteiger partial charge on any atom is 0.0975 e. The first-order chi connectivity index (χ1) is 22.2. The summed E-state index contributed by atoms with van der Waals surface area (Å²) >= 11 is 0. The minimum atomic E-state index is 0.863. The number of para-hydroxylation sites is 1. The highest BCUT2D eigenvalue weighted by molar-refractivity contribution is 6.11. The highest BCUT2D eigenvalue weighted by atomic mass is 15.0. The molecule has 3 nitrogen and oxygen atoms in total. The first-order valence-electron chi connectivity index (χ1n) is 15.2. The lowest BCUT2D eigenvalue weighted by Gasteiger charge is -2.13. The normalized spacial score (nSPS) is 11.4. The van der Waals surface area contributed by atoms with Gasteiger partial charge in [0.05, 0.1) is 34.0 Å². The van der Waals surface area contributed by atoms with Gasteiger partial charge < -0.3 is 4.57 Å². The molecule has 2 heterocycles. The van der Waals surface area contributed by atoms with Crippen LogP contribution in [0.1, 0.15) is 18.1 Å². The van der Waals surface area contributed by atoms with Crippen molar-refractivity contribution in [2.45, 2.75) is 13.8 Å². The van der Waals surface area contributed by atoms with Gasteiger partial charge in [0.2, 0.25) is 0 Å². The molecule has 8 aromatic rings. The van der Waals surface area contributed by atoms with Gasteiger partial charge in [-0.3, -0.25) is 4.98 Å². The number of allylic oxidation sites excluding steroid dienone is 1. The van der Waals surface area contributed by atoms with E-state index in [-0.39, 0.29) is 0 Å². The van der Waals surface area contributed by atoms with Crippen LogP contribution in [0.5, 0.6) is 0 Å². The molecule has 45 heavy (non-hydrogen) atoms. The zero-order valence-electron chi connectivity index (χ0n) is 25.5. The van der Waals surface area contributed by atoms with Crippen LogP contribution < -0.4 is 0 Å². The molecule has 0 aliphatic heterocycles. The Bertz CT molecular complexity index is 2380. The monoisotopic (exact) mass is 579 g/mol. The van der Waals surface area contributed by atoms with Crippen LogP contribution in [0.3, 0.4) is 0 Å². The summed E-state index contributed by atoms with van der Waals surface area (Å²) in [5, 5.41) is 4.83. The van der Waals surface area contributed by atoms with E-state index in [4.69, 9.17) is 9.97 Å². The Kier molecular flexibility index (Phi) is 7.28. The van der Waals surface area contributed by atoms with Gasteiger partial charge in [-0.25, -0.2) is 4.98 Å². The second-order valence-electron chi connectivity index (χ2n) is 11.0. The zero-order valence-corrected chi connectivity index (χ0v) is 25.5. The van der Waals surface area contributed by atoms with Crippen LogP contribution >= 0.6 is 0 Å². The topological polar surface area (TPSA) is 30.7 Å². The number of hydrogen-bond donors (Lipinski definition) is 0. The van der Waals surface area contributed by atoms with Gasteiger partial charge in [-0.2, -0.15) is 0 Å². The Morgan fingerprint density at radius 1 is 0.600 bits per heavy atom. The lowest BCUT2D eigenvalue weighted by Crippen LogP contribution is -1.97.